The van der Waals surface area contributed by atoms with Gasteiger partial charge in [0, 0.05) is 38.2 Å². The first-order chi connectivity index (χ1) is 9.10. The SMILES string of the molecule is C=CCn1cc(C)nc1Nc1ccc(N(C)C)cc1. The van der Waals surface area contributed by atoms with Gasteiger partial charge in [0.15, 0.2) is 0 Å². The molecule has 1 heterocycles. The highest BCUT2D eigenvalue weighted by Gasteiger charge is 2.05. The number of anilines is 3. The van der Waals surface area contributed by atoms with E-state index in [1.54, 1.807) is 0 Å². The minimum atomic E-state index is 0.749. The Bertz CT molecular complexity index is 552. The summed E-state index contributed by atoms with van der Waals surface area (Å²) in [5.41, 5.74) is 3.20. The highest BCUT2D eigenvalue weighted by Crippen LogP contribution is 2.20. The summed E-state index contributed by atoms with van der Waals surface area (Å²) in [6.45, 7) is 6.50. The van der Waals surface area contributed by atoms with Crippen LogP contribution in [0, 0.1) is 6.92 Å². The molecule has 2 aromatic rings. The molecule has 1 N–H and O–H groups in total. The first-order valence-electron chi connectivity index (χ1n) is 6.29. The van der Waals surface area contributed by atoms with Crippen molar-refractivity contribution in [2.24, 2.45) is 0 Å². The van der Waals surface area contributed by atoms with E-state index in [9.17, 15) is 0 Å². The predicted molar refractivity (Wildman–Crippen MR) is 81.2 cm³/mol. The third-order valence-corrected chi connectivity index (χ3v) is 2.86. The number of hydrogen-bond donors (Lipinski definition) is 1. The summed E-state index contributed by atoms with van der Waals surface area (Å²) >= 11 is 0. The van der Waals surface area contributed by atoms with Crippen molar-refractivity contribution < 1.29 is 0 Å². The van der Waals surface area contributed by atoms with Crippen LogP contribution in [0.2, 0.25) is 0 Å². The molecule has 0 saturated heterocycles. The summed E-state index contributed by atoms with van der Waals surface area (Å²) in [4.78, 5) is 6.55. The summed E-state index contributed by atoms with van der Waals surface area (Å²) in [5.74, 6) is 0.843. The van der Waals surface area contributed by atoms with E-state index in [4.69, 9.17) is 0 Å². The van der Waals surface area contributed by atoms with Crippen molar-refractivity contribution in [2.75, 3.05) is 24.3 Å². The molecule has 100 valence electrons. The molecule has 0 atom stereocenters. The van der Waals surface area contributed by atoms with Gasteiger partial charge in [0.1, 0.15) is 0 Å². The Morgan fingerprint density at radius 1 is 1.32 bits per heavy atom. The zero-order valence-electron chi connectivity index (χ0n) is 11.7. The Hall–Kier alpha value is -2.23. The van der Waals surface area contributed by atoms with Crippen LogP contribution in [0.5, 0.6) is 0 Å². The van der Waals surface area contributed by atoms with Crippen LogP contribution < -0.4 is 10.2 Å². The van der Waals surface area contributed by atoms with E-state index in [0.717, 1.165) is 23.9 Å². The molecule has 0 radical (unpaired) electrons. The number of benzene rings is 1. The van der Waals surface area contributed by atoms with Gasteiger partial charge in [0.05, 0.1) is 5.69 Å². The number of nitrogens with one attached hydrogen (secondary N) is 1. The van der Waals surface area contributed by atoms with Gasteiger partial charge in [-0.05, 0) is 31.2 Å². The lowest BCUT2D eigenvalue weighted by molar-refractivity contribution is 0.832. The molecule has 19 heavy (non-hydrogen) atoms. The van der Waals surface area contributed by atoms with Crippen LogP contribution in [0.3, 0.4) is 0 Å². The molecule has 1 aromatic heterocycles. The average molecular weight is 256 g/mol. The zero-order valence-corrected chi connectivity index (χ0v) is 11.7. The maximum Gasteiger partial charge on any atom is 0.207 e. The van der Waals surface area contributed by atoms with Crippen molar-refractivity contribution in [2.45, 2.75) is 13.5 Å². The molecule has 0 amide bonds. The fourth-order valence-corrected chi connectivity index (χ4v) is 1.90. The second-order valence-corrected chi connectivity index (χ2v) is 4.71. The Kier molecular flexibility index (Phi) is 3.90. The molecule has 0 spiro atoms. The van der Waals surface area contributed by atoms with Crippen LogP contribution in [0.4, 0.5) is 17.3 Å². The van der Waals surface area contributed by atoms with Crippen molar-refractivity contribution in [3.63, 3.8) is 0 Å². The van der Waals surface area contributed by atoms with Crippen molar-refractivity contribution in [3.05, 3.63) is 48.8 Å². The monoisotopic (exact) mass is 256 g/mol. The van der Waals surface area contributed by atoms with E-state index in [-0.39, 0.29) is 0 Å². The van der Waals surface area contributed by atoms with E-state index in [1.165, 1.54) is 5.69 Å². The summed E-state index contributed by atoms with van der Waals surface area (Å²) in [6, 6.07) is 8.27. The van der Waals surface area contributed by atoms with Gasteiger partial charge in [-0.3, -0.25) is 0 Å². The molecule has 0 aliphatic heterocycles. The second-order valence-electron chi connectivity index (χ2n) is 4.71. The predicted octanol–water partition coefficient (Wildman–Crippen LogP) is 3.19. The molecule has 0 saturated carbocycles. The summed E-state index contributed by atoms with van der Waals surface area (Å²) < 4.78 is 2.04. The number of hydrogen-bond acceptors (Lipinski definition) is 3. The molecular weight excluding hydrogens is 236 g/mol. The number of allylic oxidation sites excluding steroid dienone is 1. The maximum absolute atomic E-state index is 4.48. The Morgan fingerprint density at radius 2 is 2.00 bits per heavy atom. The van der Waals surface area contributed by atoms with Crippen LogP contribution in [-0.2, 0) is 6.54 Å². The molecule has 4 heteroatoms. The van der Waals surface area contributed by atoms with E-state index in [2.05, 4.69) is 46.0 Å². The van der Waals surface area contributed by atoms with Gasteiger partial charge < -0.3 is 14.8 Å². The quantitative estimate of drug-likeness (QED) is 0.834. The minimum absolute atomic E-state index is 0.749. The number of aryl methyl sites for hydroxylation is 1. The second kappa shape index (κ2) is 5.61. The van der Waals surface area contributed by atoms with Crippen molar-refractivity contribution in [1.82, 2.24) is 9.55 Å². The lowest BCUT2D eigenvalue weighted by Gasteiger charge is -2.13. The lowest BCUT2D eigenvalue weighted by Crippen LogP contribution is -2.08. The minimum Gasteiger partial charge on any atom is -0.378 e. The van der Waals surface area contributed by atoms with Gasteiger partial charge in [-0.2, -0.15) is 0 Å². The van der Waals surface area contributed by atoms with Crippen molar-refractivity contribution in [3.8, 4) is 0 Å². The number of nitrogens with zero attached hydrogens (tertiary/aromatic N) is 3. The lowest BCUT2D eigenvalue weighted by atomic mass is 10.2. The first kappa shape index (κ1) is 13.2. The van der Waals surface area contributed by atoms with Gasteiger partial charge in [0.2, 0.25) is 5.95 Å². The molecule has 0 fully saturated rings. The largest absolute Gasteiger partial charge is 0.378 e. The number of aromatic nitrogens is 2. The van der Waals surface area contributed by atoms with E-state index in [0.29, 0.717) is 0 Å². The molecule has 2 rings (SSSR count). The van der Waals surface area contributed by atoms with E-state index in [1.807, 2.05) is 37.9 Å². The summed E-state index contributed by atoms with van der Waals surface area (Å²) in [5, 5.41) is 3.33. The Morgan fingerprint density at radius 3 is 2.58 bits per heavy atom. The van der Waals surface area contributed by atoms with Crippen molar-refractivity contribution in [1.29, 1.82) is 0 Å². The molecule has 0 bridgehead atoms. The highest BCUT2D eigenvalue weighted by atomic mass is 15.2. The standard InChI is InChI=1S/C15H20N4/c1-5-10-19-11-12(2)16-15(19)17-13-6-8-14(9-7-13)18(3)4/h5-9,11H,1,10H2,2-4H3,(H,16,17). The van der Waals surface area contributed by atoms with Crippen LogP contribution in [0.15, 0.2) is 43.1 Å². The number of rotatable bonds is 5. The third kappa shape index (κ3) is 3.16. The topological polar surface area (TPSA) is 33.1 Å². The van der Waals surface area contributed by atoms with Crippen molar-refractivity contribution >= 4 is 17.3 Å². The van der Waals surface area contributed by atoms with Crippen LogP contribution in [-0.4, -0.2) is 23.6 Å². The zero-order chi connectivity index (χ0) is 13.8. The van der Waals surface area contributed by atoms with Crippen LogP contribution in [0.1, 0.15) is 5.69 Å². The highest BCUT2D eigenvalue weighted by molar-refractivity contribution is 5.59. The molecule has 0 aliphatic carbocycles. The summed E-state index contributed by atoms with van der Waals surface area (Å²) in [7, 11) is 4.06. The van der Waals surface area contributed by atoms with E-state index >= 15 is 0 Å². The normalized spacial score (nSPS) is 10.3. The number of imidazole rings is 1. The van der Waals surface area contributed by atoms with Gasteiger partial charge >= 0.3 is 0 Å². The maximum atomic E-state index is 4.48. The summed E-state index contributed by atoms with van der Waals surface area (Å²) in [6.07, 6.45) is 3.87. The smallest absolute Gasteiger partial charge is 0.207 e. The molecule has 4 nitrogen and oxygen atoms in total. The molecular formula is C15H20N4. The van der Waals surface area contributed by atoms with Gasteiger partial charge in [-0.1, -0.05) is 6.08 Å². The van der Waals surface area contributed by atoms with Crippen LogP contribution >= 0.6 is 0 Å². The molecule has 0 aliphatic rings. The van der Waals surface area contributed by atoms with Gasteiger partial charge in [-0.25, -0.2) is 4.98 Å². The molecule has 0 unspecified atom stereocenters. The third-order valence-electron chi connectivity index (χ3n) is 2.86. The van der Waals surface area contributed by atoms with Crippen LogP contribution in [0.25, 0.3) is 0 Å². The van der Waals surface area contributed by atoms with Gasteiger partial charge in [0.25, 0.3) is 0 Å². The molecule has 1 aromatic carbocycles. The average Bonchev–Trinajstić information content (AvgIpc) is 2.71. The van der Waals surface area contributed by atoms with E-state index < -0.39 is 0 Å². The van der Waals surface area contributed by atoms with Gasteiger partial charge in [-0.15, -0.1) is 6.58 Å². The first-order valence-corrected chi connectivity index (χ1v) is 6.29. The fourth-order valence-electron chi connectivity index (χ4n) is 1.90. The Labute approximate surface area is 114 Å². The Balaban J connectivity index is 2.18. The fraction of sp³-hybridized carbons (Fsp3) is 0.267.